The van der Waals surface area contributed by atoms with Gasteiger partial charge in [-0.1, -0.05) is 42.3 Å². The number of rotatable bonds is 8. The van der Waals surface area contributed by atoms with Crippen molar-refractivity contribution in [2.24, 2.45) is 0 Å². The van der Waals surface area contributed by atoms with E-state index in [4.69, 9.17) is 0 Å². The summed E-state index contributed by atoms with van der Waals surface area (Å²) in [4.78, 5) is 11.8. The maximum Gasteiger partial charge on any atom is 0.166 e. The Hall–Kier alpha value is -0.830. The number of phenols is 1. The van der Waals surface area contributed by atoms with Crippen LogP contribution in [0.5, 0.6) is 5.75 Å². The van der Waals surface area contributed by atoms with Crippen molar-refractivity contribution in [2.75, 3.05) is 5.33 Å². The van der Waals surface area contributed by atoms with Gasteiger partial charge in [-0.05, 0) is 42.9 Å². The van der Waals surface area contributed by atoms with E-state index in [0.717, 1.165) is 43.0 Å². The number of alkyl halides is 1. The first-order valence-electron chi connectivity index (χ1n) is 7.08. The lowest BCUT2D eigenvalue weighted by Gasteiger charge is -2.14. The van der Waals surface area contributed by atoms with Gasteiger partial charge in [-0.2, -0.15) is 0 Å². The Kier molecular flexibility index (Phi) is 7.14. The maximum atomic E-state index is 11.8. The second kappa shape index (κ2) is 8.36. The second-order valence-electron chi connectivity index (χ2n) is 4.77. The third kappa shape index (κ3) is 4.34. The molecule has 0 aromatic heterocycles. The van der Waals surface area contributed by atoms with Gasteiger partial charge in [0.1, 0.15) is 5.75 Å². The number of phenolic OH excluding ortho intramolecular Hbond substituents is 1. The quantitative estimate of drug-likeness (QED) is 0.428. The zero-order valence-corrected chi connectivity index (χ0v) is 13.4. The van der Waals surface area contributed by atoms with E-state index in [-0.39, 0.29) is 11.5 Å². The van der Waals surface area contributed by atoms with Gasteiger partial charge in [0.15, 0.2) is 5.78 Å². The van der Waals surface area contributed by atoms with E-state index in [0.29, 0.717) is 12.0 Å². The van der Waals surface area contributed by atoms with Crippen LogP contribution >= 0.6 is 15.9 Å². The first kappa shape index (κ1) is 16.2. The number of benzene rings is 1. The first-order chi connectivity index (χ1) is 9.15. The SMILES string of the molecule is CCCc1c(CCCCBr)ccc(C(=O)CC)c1O. The number of ketones is 1. The van der Waals surface area contributed by atoms with E-state index in [1.165, 1.54) is 5.56 Å². The van der Waals surface area contributed by atoms with Gasteiger partial charge < -0.3 is 5.11 Å². The highest BCUT2D eigenvalue weighted by atomic mass is 79.9. The maximum absolute atomic E-state index is 11.8. The Balaban J connectivity index is 3.04. The van der Waals surface area contributed by atoms with Gasteiger partial charge in [0, 0.05) is 11.8 Å². The van der Waals surface area contributed by atoms with E-state index >= 15 is 0 Å². The van der Waals surface area contributed by atoms with Crippen LogP contribution in [0, 0.1) is 0 Å². The number of hydrogen-bond acceptors (Lipinski definition) is 2. The summed E-state index contributed by atoms with van der Waals surface area (Å²) in [5, 5.41) is 11.3. The highest BCUT2D eigenvalue weighted by Gasteiger charge is 2.15. The third-order valence-corrected chi connectivity index (χ3v) is 3.89. The number of aromatic hydroxyl groups is 1. The summed E-state index contributed by atoms with van der Waals surface area (Å²) in [6.45, 7) is 3.92. The Morgan fingerprint density at radius 2 is 1.95 bits per heavy atom. The molecule has 2 nitrogen and oxygen atoms in total. The lowest BCUT2D eigenvalue weighted by Crippen LogP contribution is -2.03. The van der Waals surface area contributed by atoms with Crippen molar-refractivity contribution in [3.05, 3.63) is 28.8 Å². The summed E-state index contributed by atoms with van der Waals surface area (Å²) >= 11 is 3.43. The van der Waals surface area contributed by atoms with Crippen LogP contribution in [-0.2, 0) is 12.8 Å². The van der Waals surface area contributed by atoms with Crippen molar-refractivity contribution in [3.8, 4) is 5.75 Å². The minimum Gasteiger partial charge on any atom is -0.507 e. The number of carbonyl (C=O) groups is 1. The predicted molar refractivity (Wildman–Crippen MR) is 83.5 cm³/mol. The van der Waals surface area contributed by atoms with E-state index in [1.807, 2.05) is 13.0 Å². The molecule has 3 heteroatoms. The molecule has 0 unspecified atom stereocenters. The van der Waals surface area contributed by atoms with Gasteiger partial charge >= 0.3 is 0 Å². The Bertz CT molecular complexity index is 427. The van der Waals surface area contributed by atoms with Gasteiger partial charge in [-0.3, -0.25) is 4.79 Å². The van der Waals surface area contributed by atoms with Crippen molar-refractivity contribution in [1.29, 1.82) is 0 Å². The summed E-state index contributed by atoms with van der Waals surface area (Å²) in [5.41, 5.74) is 2.64. The Morgan fingerprint density at radius 3 is 2.53 bits per heavy atom. The van der Waals surface area contributed by atoms with Crippen LogP contribution in [0.2, 0.25) is 0 Å². The molecule has 0 aliphatic heterocycles. The fourth-order valence-corrected chi connectivity index (χ4v) is 2.66. The monoisotopic (exact) mass is 326 g/mol. The molecule has 0 radical (unpaired) electrons. The lowest BCUT2D eigenvalue weighted by atomic mass is 9.93. The molecule has 0 heterocycles. The largest absolute Gasteiger partial charge is 0.507 e. The predicted octanol–water partition coefficient (Wildman–Crippen LogP) is 4.66. The molecule has 0 bridgehead atoms. The molecule has 0 saturated carbocycles. The van der Waals surface area contributed by atoms with Crippen molar-refractivity contribution >= 4 is 21.7 Å². The molecular weight excluding hydrogens is 304 g/mol. The molecule has 19 heavy (non-hydrogen) atoms. The van der Waals surface area contributed by atoms with Crippen LogP contribution in [0.15, 0.2) is 12.1 Å². The zero-order chi connectivity index (χ0) is 14.3. The van der Waals surface area contributed by atoms with Crippen LogP contribution in [-0.4, -0.2) is 16.2 Å². The van der Waals surface area contributed by atoms with Crippen molar-refractivity contribution in [2.45, 2.75) is 52.4 Å². The van der Waals surface area contributed by atoms with Crippen LogP contribution in [0.1, 0.15) is 61.0 Å². The van der Waals surface area contributed by atoms with E-state index in [1.54, 1.807) is 6.07 Å². The number of aryl methyl sites for hydroxylation is 1. The second-order valence-corrected chi connectivity index (χ2v) is 5.57. The van der Waals surface area contributed by atoms with Crippen LogP contribution in [0.3, 0.4) is 0 Å². The number of hydrogen-bond donors (Lipinski definition) is 1. The normalized spacial score (nSPS) is 10.7. The number of halogens is 1. The third-order valence-electron chi connectivity index (χ3n) is 3.33. The van der Waals surface area contributed by atoms with Gasteiger partial charge in [0.25, 0.3) is 0 Å². The first-order valence-corrected chi connectivity index (χ1v) is 8.20. The molecule has 0 aliphatic rings. The fourth-order valence-electron chi connectivity index (χ4n) is 2.27. The van der Waals surface area contributed by atoms with E-state index in [2.05, 4.69) is 22.9 Å². The fraction of sp³-hybridized carbons (Fsp3) is 0.562. The van der Waals surface area contributed by atoms with Crippen LogP contribution in [0.4, 0.5) is 0 Å². The lowest BCUT2D eigenvalue weighted by molar-refractivity contribution is 0.0985. The minimum absolute atomic E-state index is 0.0156. The summed E-state index contributed by atoms with van der Waals surface area (Å²) in [5.74, 6) is 0.229. The average molecular weight is 327 g/mol. The van der Waals surface area contributed by atoms with Crippen molar-refractivity contribution < 1.29 is 9.90 Å². The molecule has 0 saturated heterocycles. The summed E-state index contributed by atoms with van der Waals surface area (Å²) in [6, 6.07) is 3.80. The van der Waals surface area contributed by atoms with Crippen LogP contribution in [0.25, 0.3) is 0 Å². The molecule has 0 fully saturated rings. The van der Waals surface area contributed by atoms with Gasteiger partial charge in [-0.15, -0.1) is 0 Å². The van der Waals surface area contributed by atoms with Gasteiger partial charge in [0.2, 0.25) is 0 Å². The molecule has 1 aromatic rings. The standard InChI is InChI=1S/C16H23BrO2/c1-3-7-13-12(8-5-6-11-17)9-10-14(16(13)19)15(18)4-2/h9-10,19H,3-8,11H2,1-2H3. The minimum atomic E-state index is 0.0156. The molecule has 0 spiro atoms. The van der Waals surface area contributed by atoms with Crippen molar-refractivity contribution in [1.82, 2.24) is 0 Å². The van der Waals surface area contributed by atoms with E-state index < -0.39 is 0 Å². The highest BCUT2D eigenvalue weighted by Crippen LogP contribution is 2.29. The molecule has 0 aliphatic carbocycles. The smallest absolute Gasteiger partial charge is 0.166 e. The van der Waals surface area contributed by atoms with Crippen LogP contribution < -0.4 is 0 Å². The number of carbonyl (C=O) groups excluding carboxylic acids is 1. The molecule has 0 amide bonds. The molecule has 0 atom stereocenters. The molecular formula is C16H23BrO2. The average Bonchev–Trinajstić information content (AvgIpc) is 2.42. The summed E-state index contributed by atoms with van der Waals surface area (Å²) in [7, 11) is 0. The molecule has 1 aromatic carbocycles. The number of unbranched alkanes of at least 4 members (excludes halogenated alkanes) is 1. The zero-order valence-electron chi connectivity index (χ0n) is 11.8. The molecule has 1 N–H and O–H groups in total. The topological polar surface area (TPSA) is 37.3 Å². The Morgan fingerprint density at radius 1 is 1.21 bits per heavy atom. The van der Waals surface area contributed by atoms with Gasteiger partial charge in [-0.25, -0.2) is 0 Å². The van der Waals surface area contributed by atoms with Crippen molar-refractivity contribution in [3.63, 3.8) is 0 Å². The van der Waals surface area contributed by atoms with Gasteiger partial charge in [0.05, 0.1) is 5.56 Å². The highest BCUT2D eigenvalue weighted by molar-refractivity contribution is 9.09. The number of Topliss-reactive ketones (excluding diaryl/α,β-unsaturated/α-hetero) is 1. The summed E-state index contributed by atoms with van der Waals surface area (Å²) < 4.78 is 0. The molecule has 1 rings (SSSR count). The summed E-state index contributed by atoms with van der Waals surface area (Å²) in [6.07, 6.45) is 5.44. The molecule has 106 valence electrons. The Labute approximate surface area is 124 Å². The van der Waals surface area contributed by atoms with E-state index in [9.17, 15) is 9.90 Å².